The number of benzene rings is 2. The molecule has 4 N–H and O–H groups in total. The van der Waals surface area contributed by atoms with E-state index in [4.69, 9.17) is 14.9 Å². The van der Waals surface area contributed by atoms with E-state index in [9.17, 15) is 9.18 Å². The van der Waals surface area contributed by atoms with Gasteiger partial charge in [0, 0.05) is 35.1 Å². The van der Waals surface area contributed by atoms with Gasteiger partial charge in [-0.1, -0.05) is 0 Å². The van der Waals surface area contributed by atoms with Crippen molar-refractivity contribution in [1.82, 2.24) is 10.3 Å². The fourth-order valence-corrected chi connectivity index (χ4v) is 3.26. The highest BCUT2D eigenvalue weighted by Crippen LogP contribution is 2.25. The predicted octanol–water partition coefficient (Wildman–Crippen LogP) is 3.88. The lowest BCUT2D eigenvalue weighted by Crippen LogP contribution is -2.24. The molecule has 0 spiro atoms. The normalized spacial score (nSPS) is 12.5. The fraction of sp³-hybridized carbons (Fsp3) is 0.190. The first-order valence-corrected chi connectivity index (χ1v) is 8.97. The molecule has 0 fully saturated rings. The summed E-state index contributed by atoms with van der Waals surface area (Å²) in [5, 5.41) is 5.01. The summed E-state index contributed by atoms with van der Waals surface area (Å²) in [6.45, 7) is 3.09. The van der Waals surface area contributed by atoms with Gasteiger partial charge in [-0.2, -0.15) is 0 Å². The van der Waals surface area contributed by atoms with Crippen molar-refractivity contribution < 1.29 is 18.3 Å². The van der Waals surface area contributed by atoms with Crippen molar-refractivity contribution in [2.75, 3.05) is 13.2 Å². The van der Waals surface area contributed by atoms with Crippen molar-refractivity contribution >= 4 is 27.8 Å². The van der Waals surface area contributed by atoms with Gasteiger partial charge in [-0.3, -0.25) is 4.79 Å². The minimum atomic E-state index is -0.603. The van der Waals surface area contributed by atoms with E-state index in [0.717, 1.165) is 21.9 Å². The summed E-state index contributed by atoms with van der Waals surface area (Å²) >= 11 is 0. The number of carbonyl (C=O) groups is 1. The fourth-order valence-electron chi connectivity index (χ4n) is 3.26. The molecule has 0 aliphatic carbocycles. The molecule has 1 amide bonds. The van der Waals surface area contributed by atoms with Crippen LogP contribution in [0.25, 0.3) is 21.9 Å². The number of nitrogens with one attached hydrogen (secondary N) is 2. The second kappa shape index (κ2) is 7.36. The number of aromatic amines is 1. The Kier molecular flexibility index (Phi) is 4.75. The van der Waals surface area contributed by atoms with Gasteiger partial charge in [0.15, 0.2) is 5.76 Å². The number of H-pyrrole nitrogens is 1. The Morgan fingerprint density at radius 2 is 2.14 bits per heavy atom. The number of nitrogens with two attached hydrogens (primary N) is 1. The van der Waals surface area contributed by atoms with Gasteiger partial charge in [0.05, 0.1) is 0 Å². The van der Waals surface area contributed by atoms with Crippen LogP contribution in [-0.4, -0.2) is 24.0 Å². The molecule has 0 radical (unpaired) electrons. The lowest BCUT2D eigenvalue weighted by molar-refractivity contribution is 0.0976. The number of hydrogen-bond donors (Lipinski definition) is 3. The molecule has 144 valence electrons. The van der Waals surface area contributed by atoms with Gasteiger partial charge in [-0.15, -0.1) is 0 Å². The molecule has 0 saturated carbocycles. The number of furan rings is 1. The summed E-state index contributed by atoms with van der Waals surface area (Å²) in [6.07, 6.45) is 1.89. The predicted molar refractivity (Wildman–Crippen MR) is 105 cm³/mol. The zero-order chi connectivity index (χ0) is 19.7. The number of hydrogen-bond acceptors (Lipinski definition) is 4. The van der Waals surface area contributed by atoms with Crippen LogP contribution < -0.4 is 15.8 Å². The minimum absolute atomic E-state index is 0.0358. The molecule has 7 heteroatoms. The molecule has 0 saturated heterocycles. The molecule has 0 aliphatic heterocycles. The number of halogens is 1. The average molecular weight is 381 g/mol. The van der Waals surface area contributed by atoms with Crippen molar-refractivity contribution in [3.05, 3.63) is 65.8 Å². The highest BCUT2D eigenvalue weighted by atomic mass is 19.1. The lowest BCUT2D eigenvalue weighted by Gasteiger charge is -2.14. The highest BCUT2D eigenvalue weighted by Gasteiger charge is 2.12. The van der Waals surface area contributed by atoms with Gasteiger partial charge in [0.1, 0.15) is 23.8 Å². The van der Waals surface area contributed by atoms with Crippen LogP contribution in [0.4, 0.5) is 4.39 Å². The SMILES string of the molecule is CC(NCCOc1ccc2oc(C(N)=O)cc2c1)c1c[nH]c2ccc(F)cc12. The molecule has 2 aromatic carbocycles. The number of ether oxygens (including phenoxy) is 1. The van der Waals surface area contributed by atoms with Gasteiger partial charge >= 0.3 is 0 Å². The first-order valence-electron chi connectivity index (χ1n) is 8.97. The number of amides is 1. The number of aromatic nitrogens is 1. The molecular formula is C21H20FN3O3. The first kappa shape index (κ1) is 18.1. The minimum Gasteiger partial charge on any atom is -0.492 e. The Morgan fingerprint density at radius 1 is 1.29 bits per heavy atom. The second-order valence-corrected chi connectivity index (χ2v) is 6.63. The molecule has 1 atom stereocenters. The largest absolute Gasteiger partial charge is 0.492 e. The lowest BCUT2D eigenvalue weighted by atomic mass is 10.1. The van der Waals surface area contributed by atoms with Crippen LogP contribution in [0.3, 0.4) is 0 Å². The second-order valence-electron chi connectivity index (χ2n) is 6.63. The van der Waals surface area contributed by atoms with E-state index in [1.165, 1.54) is 12.1 Å². The van der Waals surface area contributed by atoms with Crippen molar-refractivity contribution in [2.24, 2.45) is 5.73 Å². The van der Waals surface area contributed by atoms with Crippen LogP contribution in [0.15, 0.2) is 53.1 Å². The Bertz CT molecular complexity index is 1150. The Balaban J connectivity index is 1.35. The summed E-state index contributed by atoms with van der Waals surface area (Å²) in [4.78, 5) is 14.4. The van der Waals surface area contributed by atoms with Crippen molar-refractivity contribution in [1.29, 1.82) is 0 Å². The van der Waals surface area contributed by atoms with Crippen LogP contribution in [0.5, 0.6) is 5.75 Å². The third-order valence-corrected chi connectivity index (χ3v) is 4.69. The van der Waals surface area contributed by atoms with Crippen LogP contribution in [0, 0.1) is 5.82 Å². The number of rotatable bonds is 7. The van der Waals surface area contributed by atoms with E-state index in [0.29, 0.717) is 24.5 Å². The highest BCUT2D eigenvalue weighted by molar-refractivity contribution is 5.95. The maximum absolute atomic E-state index is 13.5. The topological polar surface area (TPSA) is 93.3 Å². The standard InChI is InChI=1S/C21H20FN3O3/c1-12(17-11-25-18-4-2-14(22)10-16(17)18)24-6-7-27-15-3-5-19-13(8-15)9-20(28-19)21(23)26/h2-5,8-12,24-25H,6-7H2,1H3,(H2,23,26). The molecule has 28 heavy (non-hydrogen) atoms. The van der Waals surface area contributed by atoms with Crippen molar-refractivity contribution in [3.63, 3.8) is 0 Å². The number of carbonyl (C=O) groups excluding carboxylic acids is 1. The van der Waals surface area contributed by atoms with Gasteiger partial charge in [0.25, 0.3) is 5.91 Å². The van der Waals surface area contributed by atoms with E-state index in [1.807, 2.05) is 13.1 Å². The smallest absolute Gasteiger partial charge is 0.284 e. The molecule has 0 aliphatic rings. The first-order chi connectivity index (χ1) is 13.5. The maximum Gasteiger partial charge on any atom is 0.284 e. The van der Waals surface area contributed by atoms with E-state index in [1.54, 1.807) is 30.3 Å². The molecule has 2 aromatic heterocycles. The third kappa shape index (κ3) is 3.57. The summed E-state index contributed by atoms with van der Waals surface area (Å²) in [7, 11) is 0. The van der Waals surface area contributed by atoms with Gasteiger partial charge in [-0.05, 0) is 55.0 Å². The van der Waals surface area contributed by atoms with E-state index in [-0.39, 0.29) is 17.6 Å². The zero-order valence-corrected chi connectivity index (χ0v) is 15.3. The molecule has 4 aromatic rings. The summed E-state index contributed by atoms with van der Waals surface area (Å²) < 4.78 is 24.6. The van der Waals surface area contributed by atoms with Crippen molar-refractivity contribution in [2.45, 2.75) is 13.0 Å². The third-order valence-electron chi connectivity index (χ3n) is 4.69. The quantitative estimate of drug-likeness (QED) is 0.424. The Hall–Kier alpha value is -3.32. The van der Waals surface area contributed by atoms with Crippen molar-refractivity contribution in [3.8, 4) is 5.75 Å². The molecule has 4 rings (SSSR count). The molecular weight excluding hydrogens is 361 g/mol. The van der Waals surface area contributed by atoms with E-state index in [2.05, 4.69) is 10.3 Å². The number of primary amides is 1. The van der Waals surface area contributed by atoms with Gasteiger partial charge < -0.3 is 25.2 Å². The van der Waals surface area contributed by atoms with Crippen LogP contribution in [-0.2, 0) is 0 Å². The van der Waals surface area contributed by atoms with Crippen LogP contribution in [0.1, 0.15) is 29.1 Å². The molecule has 6 nitrogen and oxygen atoms in total. The van der Waals surface area contributed by atoms with Gasteiger partial charge in [0.2, 0.25) is 0 Å². The monoisotopic (exact) mass is 381 g/mol. The van der Waals surface area contributed by atoms with E-state index < -0.39 is 5.91 Å². The van der Waals surface area contributed by atoms with Crippen LogP contribution in [0.2, 0.25) is 0 Å². The summed E-state index contributed by atoms with van der Waals surface area (Å²) in [6, 6.07) is 11.7. The molecule has 1 unspecified atom stereocenters. The van der Waals surface area contributed by atoms with E-state index >= 15 is 0 Å². The van der Waals surface area contributed by atoms with Gasteiger partial charge in [-0.25, -0.2) is 4.39 Å². The number of fused-ring (bicyclic) bond motifs is 2. The molecule has 2 heterocycles. The Labute approximate surface area is 160 Å². The zero-order valence-electron chi connectivity index (χ0n) is 15.3. The van der Waals surface area contributed by atoms with Crippen LogP contribution >= 0.6 is 0 Å². The average Bonchev–Trinajstić information content (AvgIpc) is 3.28. The Morgan fingerprint density at radius 3 is 2.96 bits per heavy atom. The maximum atomic E-state index is 13.5. The summed E-state index contributed by atoms with van der Waals surface area (Å²) in [5.41, 5.74) is 7.73. The summed E-state index contributed by atoms with van der Waals surface area (Å²) in [5.74, 6) is -0.0576. The molecule has 0 bridgehead atoms.